The van der Waals surface area contributed by atoms with E-state index in [0.29, 0.717) is 6.54 Å². The highest BCUT2D eigenvalue weighted by Gasteiger charge is 2.39. The fraction of sp³-hybridized carbons (Fsp3) is 1.00. The van der Waals surface area contributed by atoms with Gasteiger partial charge in [-0.1, -0.05) is 0 Å². The van der Waals surface area contributed by atoms with Gasteiger partial charge in [-0.15, -0.1) is 0 Å². The van der Waals surface area contributed by atoms with Crippen molar-refractivity contribution < 1.29 is 20.1 Å². The van der Waals surface area contributed by atoms with Crippen LogP contribution in [0.3, 0.4) is 0 Å². The fourth-order valence-electron chi connectivity index (χ4n) is 1.44. The second-order valence-electron chi connectivity index (χ2n) is 3.69. The van der Waals surface area contributed by atoms with Crippen molar-refractivity contribution in [2.75, 3.05) is 27.2 Å². The van der Waals surface area contributed by atoms with Crippen LogP contribution < -0.4 is 0 Å². The van der Waals surface area contributed by atoms with E-state index < -0.39 is 24.4 Å². The van der Waals surface area contributed by atoms with E-state index >= 15 is 0 Å². The quantitative estimate of drug-likeness (QED) is 0.482. The number of aliphatic hydroxyl groups is 3. The zero-order valence-corrected chi connectivity index (χ0v) is 7.92. The highest BCUT2D eigenvalue weighted by atomic mass is 16.5. The van der Waals surface area contributed by atoms with E-state index in [1.165, 1.54) is 0 Å². The molecule has 1 fully saturated rings. The van der Waals surface area contributed by atoms with Crippen LogP contribution >= 0.6 is 0 Å². The van der Waals surface area contributed by atoms with Gasteiger partial charge >= 0.3 is 0 Å². The molecule has 0 spiro atoms. The molecule has 1 aliphatic heterocycles. The van der Waals surface area contributed by atoms with Crippen molar-refractivity contribution in [3.05, 3.63) is 0 Å². The molecule has 0 aromatic heterocycles. The molecule has 0 radical (unpaired) electrons. The lowest BCUT2D eigenvalue weighted by Crippen LogP contribution is -2.43. The SMILES string of the molecule is CN(C)C[C@@H](O)[C@H]1OC[C@H](O)[C@H]1O. The molecule has 0 aliphatic carbocycles. The standard InChI is InChI=1S/C8H17NO4/c1-9(2)3-5(10)8-7(12)6(11)4-13-8/h5-8,10-12H,3-4H2,1-2H3/t5-,6+,7-,8-/m1/s1. The Kier molecular flexibility index (Phi) is 3.63. The molecular weight excluding hydrogens is 174 g/mol. The highest BCUT2D eigenvalue weighted by Crippen LogP contribution is 2.17. The minimum Gasteiger partial charge on any atom is -0.389 e. The first-order valence-corrected chi connectivity index (χ1v) is 4.33. The van der Waals surface area contributed by atoms with E-state index in [-0.39, 0.29) is 6.61 Å². The average molecular weight is 191 g/mol. The van der Waals surface area contributed by atoms with Crippen LogP contribution in [0.15, 0.2) is 0 Å². The summed E-state index contributed by atoms with van der Waals surface area (Å²) in [6.07, 6.45) is -3.28. The average Bonchev–Trinajstić information content (AvgIpc) is 2.31. The Morgan fingerprint density at radius 1 is 1.46 bits per heavy atom. The lowest BCUT2D eigenvalue weighted by Gasteiger charge is -2.23. The Hall–Kier alpha value is -0.200. The van der Waals surface area contributed by atoms with Crippen LogP contribution in [-0.2, 0) is 4.74 Å². The lowest BCUT2D eigenvalue weighted by atomic mass is 10.1. The summed E-state index contributed by atoms with van der Waals surface area (Å²) >= 11 is 0. The van der Waals surface area contributed by atoms with Crippen LogP contribution in [0, 0.1) is 0 Å². The minimum atomic E-state index is -0.977. The summed E-state index contributed by atoms with van der Waals surface area (Å²) < 4.78 is 5.06. The third kappa shape index (κ3) is 2.62. The van der Waals surface area contributed by atoms with E-state index in [0.717, 1.165) is 0 Å². The van der Waals surface area contributed by atoms with Crippen molar-refractivity contribution in [2.45, 2.75) is 24.4 Å². The number of hydrogen-bond acceptors (Lipinski definition) is 5. The van der Waals surface area contributed by atoms with Gasteiger partial charge in [0.05, 0.1) is 12.7 Å². The van der Waals surface area contributed by atoms with Crippen molar-refractivity contribution in [3.8, 4) is 0 Å². The maximum absolute atomic E-state index is 9.57. The van der Waals surface area contributed by atoms with E-state index in [2.05, 4.69) is 0 Å². The first kappa shape index (κ1) is 10.9. The second-order valence-corrected chi connectivity index (χ2v) is 3.69. The largest absolute Gasteiger partial charge is 0.389 e. The molecule has 0 aromatic rings. The van der Waals surface area contributed by atoms with Gasteiger partial charge in [0.1, 0.15) is 18.3 Å². The Morgan fingerprint density at radius 3 is 2.46 bits per heavy atom. The molecule has 1 saturated heterocycles. The van der Waals surface area contributed by atoms with Crippen molar-refractivity contribution in [3.63, 3.8) is 0 Å². The van der Waals surface area contributed by atoms with E-state index in [9.17, 15) is 10.2 Å². The van der Waals surface area contributed by atoms with Gasteiger partial charge in [0.15, 0.2) is 0 Å². The summed E-state index contributed by atoms with van der Waals surface area (Å²) in [7, 11) is 3.64. The molecule has 3 N–H and O–H groups in total. The lowest BCUT2D eigenvalue weighted by molar-refractivity contribution is -0.0573. The van der Waals surface area contributed by atoms with E-state index in [1.54, 1.807) is 4.90 Å². The zero-order valence-electron chi connectivity index (χ0n) is 7.92. The normalized spacial score (nSPS) is 36.9. The maximum atomic E-state index is 9.57. The van der Waals surface area contributed by atoms with E-state index in [1.807, 2.05) is 14.1 Å². The van der Waals surface area contributed by atoms with Gasteiger partial charge in [-0.05, 0) is 14.1 Å². The van der Waals surface area contributed by atoms with Gasteiger partial charge in [-0.3, -0.25) is 0 Å². The van der Waals surface area contributed by atoms with Gasteiger partial charge < -0.3 is 25.0 Å². The maximum Gasteiger partial charge on any atom is 0.113 e. The number of ether oxygens (including phenoxy) is 1. The molecule has 0 amide bonds. The zero-order chi connectivity index (χ0) is 10.0. The molecule has 0 bridgehead atoms. The van der Waals surface area contributed by atoms with Crippen LogP contribution in [0.4, 0.5) is 0 Å². The number of aliphatic hydroxyl groups excluding tert-OH is 3. The third-order valence-corrected chi connectivity index (χ3v) is 2.12. The van der Waals surface area contributed by atoms with Gasteiger partial charge in [-0.25, -0.2) is 0 Å². The van der Waals surface area contributed by atoms with Gasteiger partial charge in [0.2, 0.25) is 0 Å². The Balaban J connectivity index is 2.43. The van der Waals surface area contributed by atoms with Crippen molar-refractivity contribution in [2.24, 2.45) is 0 Å². The number of likely N-dealkylation sites (N-methyl/N-ethyl adjacent to an activating group) is 1. The number of nitrogens with zero attached hydrogens (tertiary/aromatic N) is 1. The van der Waals surface area contributed by atoms with Gasteiger partial charge in [0, 0.05) is 6.54 Å². The Bertz CT molecular complexity index is 164. The van der Waals surface area contributed by atoms with Crippen LogP contribution in [-0.4, -0.2) is 71.9 Å². The Morgan fingerprint density at radius 2 is 2.08 bits per heavy atom. The monoisotopic (exact) mass is 191 g/mol. The molecule has 5 heteroatoms. The Labute approximate surface area is 77.5 Å². The molecule has 1 rings (SSSR count). The van der Waals surface area contributed by atoms with Gasteiger partial charge in [-0.2, -0.15) is 0 Å². The first-order valence-electron chi connectivity index (χ1n) is 4.33. The van der Waals surface area contributed by atoms with Crippen molar-refractivity contribution in [1.82, 2.24) is 4.90 Å². The number of hydrogen-bond donors (Lipinski definition) is 3. The fourth-order valence-corrected chi connectivity index (χ4v) is 1.44. The smallest absolute Gasteiger partial charge is 0.113 e. The summed E-state index contributed by atoms with van der Waals surface area (Å²) in [6, 6.07) is 0. The summed E-state index contributed by atoms with van der Waals surface area (Å²) in [5, 5.41) is 28.1. The molecular formula is C8H17NO4. The van der Waals surface area contributed by atoms with Crippen molar-refractivity contribution >= 4 is 0 Å². The molecule has 0 saturated carbocycles. The molecule has 1 heterocycles. The van der Waals surface area contributed by atoms with Crippen molar-refractivity contribution in [1.29, 1.82) is 0 Å². The van der Waals surface area contributed by atoms with Crippen LogP contribution in [0.2, 0.25) is 0 Å². The summed E-state index contributed by atoms with van der Waals surface area (Å²) in [5.41, 5.74) is 0. The minimum absolute atomic E-state index is 0.0936. The molecule has 4 atom stereocenters. The molecule has 13 heavy (non-hydrogen) atoms. The third-order valence-electron chi connectivity index (χ3n) is 2.12. The summed E-state index contributed by atoms with van der Waals surface area (Å²) in [5.74, 6) is 0. The second kappa shape index (κ2) is 4.34. The van der Waals surface area contributed by atoms with Crippen LogP contribution in [0.5, 0.6) is 0 Å². The highest BCUT2D eigenvalue weighted by molar-refractivity contribution is 4.88. The van der Waals surface area contributed by atoms with Gasteiger partial charge in [0.25, 0.3) is 0 Å². The molecule has 0 aromatic carbocycles. The van der Waals surface area contributed by atoms with Crippen LogP contribution in [0.25, 0.3) is 0 Å². The topological polar surface area (TPSA) is 73.2 Å². The number of rotatable bonds is 3. The van der Waals surface area contributed by atoms with Crippen LogP contribution in [0.1, 0.15) is 0 Å². The molecule has 0 unspecified atom stereocenters. The molecule has 78 valence electrons. The predicted octanol–water partition coefficient (Wildman–Crippen LogP) is -1.97. The molecule has 5 nitrogen and oxygen atoms in total. The summed E-state index contributed by atoms with van der Waals surface area (Å²) in [6.45, 7) is 0.505. The predicted molar refractivity (Wildman–Crippen MR) is 46.3 cm³/mol. The summed E-state index contributed by atoms with van der Waals surface area (Å²) in [4.78, 5) is 1.80. The molecule has 1 aliphatic rings. The first-order chi connectivity index (χ1) is 6.02. The van der Waals surface area contributed by atoms with E-state index in [4.69, 9.17) is 9.84 Å².